The molecule has 0 saturated carbocycles. The van der Waals surface area contributed by atoms with E-state index in [0.29, 0.717) is 0 Å². The van der Waals surface area contributed by atoms with Crippen LogP contribution in [0, 0.1) is 17.0 Å². The Morgan fingerprint density at radius 1 is 1.31 bits per heavy atom. The molecule has 0 aliphatic rings. The van der Waals surface area contributed by atoms with Crippen LogP contribution < -0.4 is 0 Å². The molecule has 0 radical (unpaired) electrons. The van der Waals surface area contributed by atoms with Gasteiger partial charge in [-0.2, -0.15) is 0 Å². The van der Waals surface area contributed by atoms with Crippen molar-refractivity contribution in [2.75, 3.05) is 0 Å². The largest absolute Gasteiger partial charge is 0.391 e. The molecule has 16 heavy (non-hydrogen) atoms. The molecule has 0 N–H and O–H groups in total. The second kappa shape index (κ2) is 5.05. The maximum absolute atomic E-state index is 13.2. The molecule has 0 heterocycles. The molecule has 0 atom stereocenters. The zero-order chi connectivity index (χ0) is 12.2. The van der Waals surface area contributed by atoms with Crippen LogP contribution in [-0.4, -0.2) is 6.21 Å². The number of halogens is 2. The first kappa shape index (κ1) is 12.6. The van der Waals surface area contributed by atoms with Crippen molar-refractivity contribution in [3.63, 3.8) is 0 Å². The SMILES string of the molecule is CC(C)(C)C=NOCc1cccc(F)c1F. The Kier molecular flexibility index (Phi) is 3.99. The topological polar surface area (TPSA) is 21.6 Å². The van der Waals surface area contributed by atoms with Crippen LogP contribution in [0.25, 0.3) is 0 Å². The van der Waals surface area contributed by atoms with Crippen molar-refractivity contribution in [3.05, 3.63) is 35.4 Å². The van der Waals surface area contributed by atoms with Gasteiger partial charge < -0.3 is 4.84 Å². The van der Waals surface area contributed by atoms with Crippen LogP contribution in [-0.2, 0) is 11.4 Å². The molecule has 0 unspecified atom stereocenters. The summed E-state index contributed by atoms with van der Waals surface area (Å²) < 4.78 is 26.0. The minimum Gasteiger partial charge on any atom is -0.391 e. The summed E-state index contributed by atoms with van der Waals surface area (Å²) in [6.45, 7) is 5.81. The number of benzene rings is 1. The van der Waals surface area contributed by atoms with E-state index in [-0.39, 0.29) is 17.6 Å². The van der Waals surface area contributed by atoms with Crippen molar-refractivity contribution >= 4 is 6.21 Å². The molecule has 0 bridgehead atoms. The Bertz CT molecular complexity index is 383. The van der Waals surface area contributed by atoms with Crippen LogP contribution in [0.5, 0.6) is 0 Å². The van der Waals surface area contributed by atoms with Gasteiger partial charge in [0.2, 0.25) is 0 Å². The first-order valence-electron chi connectivity index (χ1n) is 4.99. The zero-order valence-corrected chi connectivity index (χ0v) is 9.63. The molecule has 1 aromatic rings. The van der Waals surface area contributed by atoms with Gasteiger partial charge in [0, 0.05) is 17.2 Å². The van der Waals surface area contributed by atoms with E-state index in [0.717, 1.165) is 6.07 Å². The van der Waals surface area contributed by atoms with E-state index in [2.05, 4.69) is 5.16 Å². The van der Waals surface area contributed by atoms with Gasteiger partial charge in [0.15, 0.2) is 11.6 Å². The molecule has 0 spiro atoms. The first-order valence-corrected chi connectivity index (χ1v) is 4.99. The minimum absolute atomic E-state index is 0.0732. The number of hydrogen-bond donors (Lipinski definition) is 0. The lowest BCUT2D eigenvalue weighted by Crippen LogP contribution is -2.06. The molecule has 0 aromatic heterocycles. The van der Waals surface area contributed by atoms with Crippen molar-refractivity contribution < 1.29 is 13.6 Å². The van der Waals surface area contributed by atoms with Crippen molar-refractivity contribution in [1.29, 1.82) is 0 Å². The third-order valence-corrected chi connectivity index (χ3v) is 1.77. The third kappa shape index (κ3) is 3.96. The van der Waals surface area contributed by atoms with E-state index < -0.39 is 11.6 Å². The van der Waals surface area contributed by atoms with E-state index >= 15 is 0 Å². The predicted molar refractivity (Wildman–Crippen MR) is 59.1 cm³/mol. The molecule has 0 saturated heterocycles. The molecule has 2 nitrogen and oxygen atoms in total. The second-order valence-corrected chi connectivity index (χ2v) is 4.59. The number of rotatable bonds is 3. The fraction of sp³-hybridized carbons (Fsp3) is 0.417. The summed E-state index contributed by atoms with van der Waals surface area (Å²) in [5.74, 6) is -1.76. The minimum atomic E-state index is -0.881. The van der Waals surface area contributed by atoms with Crippen LogP contribution >= 0.6 is 0 Å². The molecule has 4 heteroatoms. The average Bonchev–Trinajstić information content (AvgIpc) is 2.17. The first-order chi connectivity index (χ1) is 7.40. The lowest BCUT2D eigenvalue weighted by atomic mass is 10.00. The Balaban J connectivity index is 2.56. The zero-order valence-electron chi connectivity index (χ0n) is 9.63. The molecule has 1 rings (SSSR count). The van der Waals surface area contributed by atoms with Gasteiger partial charge in [-0.15, -0.1) is 0 Å². The smallest absolute Gasteiger partial charge is 0.165 e. The predicted octanol–water partition coefficient (Wildman–Crippen LogP) is 3.51. The van der Waals surface area contributed by atoms with Crippen LogP contribution in [0.3, 0.4) is 0 Å². The molecular formula is C12H15F2NO. The standard InChI is InChI=1S/C12H15F2NO/c1-12(2,3)8-15-16-7-9-5-4-6-10(13)11(9)14/h4-6,8H,7H2,1-3H3. The Labute approximate surface area is 93.9 Å². The summed E-state index contributed by atoms with van der Waals surface area (Å²) in [6, 6.07) is 3.97. The summed E-state index contributed by atoms with van der Waals surface area (Å²) in [7, 11) is 0. The fourth-order valence-electron chi connectivity index (χ4n) is 0.962. The molecule has 0 aliphatic heterocycles. The highest BCUT2D eigenvalue weighted by Crippen LogP contribution is 2.13. The molecule has 0 amide bonds. The summed E-state index contributed by atoms with van der Waals surface area (Å²) in [4.78, 5) is 4.89. The third-order valence-electron chi connectivity index (χ3n) is 1.77. The van der Waals surface area contributed by atoms with Crippen LogP contribution in [0.1, 0.15) is 26.3 Å². The van der Waals surface area contributed by atoms with Gasteiger partial charge >= 0.3 is 0 Å². The van der Waals surface area contributed by atoms with Crippen molar-refractivity contribution in [2.24, 2.45) is 10.6 Å². The van der Waals surface area contributed by atoms with E-state index in [9.17, 15) is 8.78 Å². The summed E-state index contributed by atoms with van der Waals surface area (Å²) in [5.41, 5.74) is 0.0616. The van der Waals surface area contributed by atoms with Crippen molar-refractivity contribution in [2.45, 2.75) is 27.4 Å². The van der Waals surface area contributed by atoms with Crippen molar-refractivity contribution in [3.8, 4) is 0 Å². The van der Waals surface area contributed by atoms with Gasteiger partial charge in [0.1, 0.15) is 6.61 Å². The molecule has 88 valence electrons. The van der Waals surface area contributed by atoms with Gasteiger partial charge in [0.05, 0.1) is 0 Å². The highest BCUT2D eigenvalue weighted by Gasteiger charge is 2.08. The lowest BCUT2D eigenvalue weighted by molar-refractivity contribution is 0.126. The Morgan fingerprint density at radius 2 is 2.00 bits per heavy atom. The molecule has 1 aromatic carbocycles. The van der Waals surface area contributed by atoms with Crippen LogP contribution in [0.2, 0.25) is 0 Å². The fourth-order valence-corrected chi connectivity index (χ4v) is 0.962. The lowest BCUT2D eigenvalue weighted by Gasteiger charge is -2.09. The van der Waals surface area contributed by atoms with E-state index in [4.69, 9.17) is 4.84 Å². The van der Waals surface area contributed by atoms with Gasteiger partial charge in [-0.25, -0.2) is 8.78 Å². The van der Waals surface area contributed by atoms with Crippen molar-refractivity contribution in [1.82, 2.24) is 0 Å². The highest BCUT2D eigenvalue weighted by atomic mass is 19.2. The average molecular weight is 227 g/mol. The maximum atomic E-state index is 13.2. The maximum Gasteiger partial charge on any atom is 0.165 e. The number of oxime groups is 1. The van der Waals surface area contributed by atoms with Crippen LogP contribution in [0.15, 0.2) is 23.4 Å². The van der Waals surface area contributed by atoms with Gasteiger partial charge in [-0.3, -0.25) is 0 Å². The monoisotopic (exact) mass is 227 g/mol. The van der Waals surface area contributed by atoms with E-state index in [1.807, 2.05) is 20.8 Å². The Hall–Kier alpha value is -1.45. The van der Waals surface area contributed by atoms with Gasteiger partial charge in [0.25, 0.3) is 0 Å². The summed E-state index contributed by atoms with van der Waals surface area (Å²) >= 11 is 0. The van der Waals surface area contributed by atoms with Gasteiger partial charge in [-0.05, 0) is 6.07 Å². The molecule has 0 fully saturated rings. The number of hydrogen-bond acceptors (Lipinski definition) is 2. The molecular weight excluding hydrogens is 212 g/mol. The number of nitrogens with zero attached hydrogens (tertiary/aromatic N) is 1. The Morgan fingerprint density at radius 3 is 2.62 bits per heavy atom. The summed E-state index contributed by atoms with van der Waals surface area (Å²) in [6.07, 6.45) is 1.62. The summed E-state index contributed by atoms with van der Waals surface area (Å²) in [5, 5.41) is 3.69. The molecule has 0 aliphatic carbocycles. The quantitative estimate of drug-likeness (QED) is 0.572. The highest BCUT2D eigenvalue weighted by molar-refractivity contribution is 5.63. The normalized spacial score (nSPS) is 12.1. The van der Waals surface area contributed by atoms with E-state index in [1.54, 1.807) is 6.21 Å². The van der Waals surface area contributed by atoms with E-state index in [1.165, 1.54) is 12.1 Å². The van der Waals surface area contributed by atoms with Crippen LogP contribution in [0.4, 0.5) is 8.78 Å². The second-order valence-electron chi connectivity index (χ2n) is 4.59. The van der Waals surface area contributed by atoms with Gasteiger partial charge in [-0.1, -0.05) is 38.1 Å².